The minimum atomic E-state index is 0.526. The average molecular weight is 227 g/mol. The number of fused-ring (bicyclic) bond motifs is 1. The minimum Gasteiger partial charge on any atom is -0.369 e. The first-order chi connectivity index (χ1) is 8.15. The molecule has 17 heavy (non-hydrogen) atoms. The maximum absolute atomic E-state index is 5.78. The number of aromatic nitrogens is 4. The number of anilines is 1. The van der Waals surface area contributed by atoms with E-state index in [-0.39, 0.29) is 0 Å². The van der Waals surface area contributed by atoms with Gasteiger partial charge in [0, 0.05) is 25.9 Å². The lowest BCUT2D eigenvalue weighted by Crippen LogP contribution is -1.95. The number of aryl methyl sites for hydroxylation is 2. The van der Waals surface area contributed by atoms with Crippen LogP contribution < -0.4 is 5.73 Å². The van der Waals surface area contributed by atoms with E-state index in [1.54, 1.807) is 4.68 Å². The third kappa shape index (κ3) is 1.47. The monoisotopic (exact) mass is 227 g/mol. The van der Waals surface area contributed by atoms with Gasteiger partial charge in [0.05, 0.1) is 16.7 Å². The van der Waals surface area contributed by atoms with E-state index < -0.39 is 0 Å². The highest BCUT2D eigenvalue weighted by Crippen LogP contribution is 2.23. The van der Waals surface area contributed by atoms with Gasteiger partial charge in [-0.1, -0.05) is 6.07 Å². The van der Waals surface area contributed by atoms with Gasteiger partial charge >= 0.3 is 0 Å². The standard InChI is InChI=1S/C12H13N5/c1-16-6-5-9(15-16)8-3-4-11-10(7-8)14-12(13)17(11)2/h3-7H,1-2H3,(H2,13,14). The Morgan fingerprint density at radius 3 is 2.71 bits per heavy atom. The van der Waals surface area contributed by atoms with Gasteiger partial charge in [-0.05, 0) is 18.2 Å². The largest absolute Gasteiger partial charge is 0.369 e. The summed E-state index contributed by atoms with van der Waals surface area (Å²) in [5.74, 6) is 0.526. The lowest BCUT2D eigenvalue weighted by Gasteiger charge is -1.98. The molecule has 0 spiro atoms. The van der Waals surface area contributed by atoms with Crippen LogP contribution in [0.25, 0.3) is 22.3 Å². The van der Waals surface area contributed by atoms with E-state index in [4.69, 9.17) is 5.73 Å². The van der Waals surface area contributed by atoms with Gasteiger partial charge in [0.25, 0.3) is 0 Å². The fraction of sp³-hybridized carbons (Fsp3) is 0.167. The molecule has 0 bridgehead atoms. The van der Waals surface area contributed by atoms with Gasteiger partial charge in [0.2, 0.25) is 5.95 Å². The van der Waals surface area contributed by atoms with Crippen LogP contribution in [0.4, 0.5) is 5.95 Å². The number of hydrogen-bond acceptors (Lipinski definition) is 3. The van der Waals surface area contributed by atoms with Gasteiger partial charge in [0.1, 0.15) is 0 Å². The zero-order chi connectivity index (χ0) is 12.0. The van der Waals surface area contributed by atoms with Crippen molar-refractivity contribution >= 4 is 17.0 Å². The highest BCUT2D eigenvalue weighted by molar-refractivity contribution is 5.83. The van der Waals surface area contributed by atoms with E-state index in [1.807, 2.05) is 49.1 Å². The van der Waals surface area contributed by atoms with E-state index >= 15 is 0 Å². The first-order valence-corrected chi connectivity index (χ1v) is 5.37. The van der Waals surface area contributed by atoms with Gasteiger partial charge in [-0.25, -0.2) is 4.98 Å². The van der Waals surface area contributed by atoms with Gasteiger partial charge in [0.15, 0.2) is 0 Å². The topological polar surface area (TPSA) is 61.7 Å². The summed E-state index contributed by atoms with van der Waals surface area (Å²) in [6.07, 6.45) is 1.92. The van der Waals surface area contributed by atoms with Crippen molar-refractivity contribution in [2.45, 2.75) is 0 Å². The molecule has 0 atom stereocenters. The number of rotatable bonds is 1. The quantitative estimate of drug-likeness (QED) is 0.686. The van der Waals surface area contributed by atoms with Crippen LogP contribution in [0, 0.1) is 0 Å². The molecule has 0 unspecified atom stereocenters. The van der Waals surface area contributed by atoms with Crippen LogP contribution in [-0.2, 0) is 14.1 Å². The van der Waals surface area contributed by atoms with Crippen molar-refractivity contribution in [2.75, 3.05) is 5.73 Å². The van der Waals surface area contributed by atoms with Crippen LogP contribution in [0.1, 0.15) is 0 Å². The fourth-order valence-corrected chi connectivity index (χ4v) is 1.95. The fourth-order valence-electron chi connectivity index (χ4n) is 1.95. The molecule has 0 amide bonds. The summed E-state index contributed by atoms with van der Waals surface area (Å²) < 4.78 is 3.66. The van der Waals surface area contributed by atoms with Gasteiger partial charge in [-0.3, -0.25) is 4.68 Å². The van der Waals surface area contributed by atoms with Crippen LogP contribution in [0.2, 0.25) is 0 Å². The normalized spacial score (nSPS) is 11.2. The van der Waals surface area contributed by atoms with Crippen LogP contribution in [-0.4, -0.2) is 19.3 Å². The molecule has 5 heteroatoms. The average Bonchev–Trinajstić information content (AvgIpc) is 2.85. The number of nitrogens with two attached hydrogens (primary N) is 1. The summed E-state index contributed by atoms with van der Waals surface area (Å²) in [6.45, 7) is 0. The van der Waals surface area contributed by atoms with E-state index in [0.29, 0.717) is 5.95 Å². The van der Waals surface area contributed by atoms with E-state index in [9.17, 15) is 0 Å². The van der Waals surface area contributed by atoms with Gasteiger partial charge in [-0.15, -0.1) is 0 Å². The van der Waals surface area contributed by atoms with Crippen molar-refractivity contribution in [3.8, 4) is 11.3 Å². The molecule has 0 radical (unpaired) electrons. The molecule has 0 saturated heterocycles. The molecule has 5 nitrogen and oxygen atoms in total. The Kier molecular flexibility index (Phi) is 1.95. The Bertz CT molecular complexity index is 692. The smallest absolute Gasteiger partial charge is 0.200 e. The third-order valence-corrected chi connectivity index (χ3v) is 2.92. The lowest BCUT2D eigenvalue weighted by molar-refractivity contribution is 0.771. The Balaban J connectivity index is 2.20. The summed E-state index contributed by atoms with van der Waals surface area (Å²) >= 11 is 0. The number of imidazole rings is 1. The molecule has 0 saturated carbocycles. The molecule has 2 N–H and O–H groups in total. The Labute approximate surface area is 98.5 Å². The molecule has 0 aliphatic rings. The number of hydrogen-bond donors (Lipinski definition) is 1. The molecule has 1 aromatic carbocycles. The molecule has 0 fully saturated rings. The molecular weight excluding hydrogens is 214 g/mol. The van der Waals surface area contributed by atoms with Crippen LogP contribution in [0.5, 0.6) is 0 Å². The molecular formula is C12H13N5. The second-order valence-corrected chi connectivity index (χ2v) is 4.11. The first-order valence-electron chi connectivity index (χ1n) is 5.37. The Morgan fingerprint density at radius 1 is 1.18 bits per heavy atom. The Morgan fingerprint density at radius 2 is 2.00 bits per heavy atom. The van der Waals surface area contributed by atoms with Crippen molar-refractivity contribution < 1.29 is 0 Å². The van der Waals surface area contributed by atoms with Crippen LogP contribution in [0.15, 0.2) is 30.5 Å². The molecule has 3 aromatic rings. The SMILES string of the molecule is Cn1ccc(-c2ccc3c(c2)nc(N)n3C)n1. The summed E-state index contributed by atoms with van der Waals surface area (Å²) in [6, 6.07) is 8.04. The predicted molar refractivity (Wildman–Crippen MR) is 67.3 cm³/mol. The highest BCUT2D eigenvalue weighted by Gasteiger charge is 2.07. The van der Waals surface area contributed by atoms with Crippen molar-refractivity contribution in [3.05, 3.63) is 30.5 Å². The summed E-state index contributed by atoms with van der Waals surface area (Å²) in [5, 5.41) is 4.37. The van der Waals surface area contributed by atoms with Crippen molar-refractivity contribution in [1.82, 2.24) is 19.3 Å². The molecule has 0 aliphatic carbocycles. The van der Waals surface area contributed by atoms with Crippen molar-refractivity contribution in [1.29, 1.82) is 0 Å². The van der Waals surface area contributed by atoms with Crippen molar-refractivity contribution in [3.63, 3.8) is 0 Å². The zero-order valence-electron chi connectivity index (χ0n) is 9.75. The molecule has 3 rings (SSSR count). The second-order valence-electron chi connectivity index (χ2n) is 4.11. The molecule has 2 aromatic heterocycles. The molecule has 0 aliphatic heterocycles. The maximum atomic E-state index is 5.78. The molecule has 2 heterocycles. The van der Waals surface area contributed by atoms with E-state index in [2.05, 4.69) is 10.1 Å². The summed E-state index contributed by atoms with van der Waals surface area (Å²) in [4.78, 5) is 4.31. The van der Waals surface area contributed by atoms with E-state index in [0.717, 1.165) is 22.3 Å². The van der Waals surface area contributed by atoms with Gasteiger partial charge < -0.3 is 10.3 Å². The Hall–Kier alpha value is -2.30. The summed E-state index contributed by atoms with van der Waals surface area (Å²) in [5.41, 5.74) is 9.70. The highest BCUT2D eigenvalue weighted by atomic mass is 15.2. The van der Waals surface area contributed by atoms with Crippen molar-refractivity contribution in [2.24, 2.45) is 14.1 Å². The number of nitrogen functional groups attached to an aromatic ring is 1. The minimum absolute atomic E-state index is 0.526. The number of benzene rings is 1. The second kappa shape index (κ2) is 3.35. The molecule has 86 valence electrons. The van der Waals surface area contributed by atoms with E-state index in [1.165, 1.54) is 0 Å². The lowest BCUT2D eigenvalue weighted by atomic mass is 10.1. The zero-order valence-corrected chi connectivity index (χ0v) is 9.75. The number of nitrogens with zero attached hydrogens (tertiary/aromatic N) is 4. The first kappa shape index (κ1) is 9.89. The predicted octanol–water partition coefficient (Wildman–Crippen LogP) is 1.56. The summed E-state index contributed by atoms with van der Waals surface area (Å²) in [7, 11) is 3.81. The third-order valence-electron chi connectivity index (χ3n) is 2.92. The van der Waals surface area contributed by atoms with Crippen LogP contribution >= 0.6 is 0 Å². The van der Waals surface area contributed by atoms with Crippen LogP contribution in [0.3, 0.4) is 0 Å². The maximum Gasteiger partial charge on any atom is 0.200 e. The van der Waals surface area contributed by atoms with Gasteiger partial charge in [-0.2, -0.15) is 5.10 Å².